The van der Waals surface area contributed by atoms with Gasteiger partial charge in [-0.15, -0.1) is 6.58 Å². The molecule has 0 aromatic rings. The van der Waals surface area contributed by atoms with Gasteiger partial charge in [0, 0.05) is 13.1 Å². The lowest BCUT2D eigenvalue weighted by molar-refractivity contribution is -0.121. The summed E-state index contributed by atoms with van der Waals surface area (Å²) in [6.45, 7) is 5.00. The molecule has 0 aromatic carbocycles. The molecule has 4 nitrogen and oxygen atoms in total. The molecule has 1 aliphatic rings. The lowest BCUT2D eigenvalue weighted by Gasteiger charge is -2.24. The molecule has 1 heterocycles. The fourth-order valence-electron chi connectivity index (χ4n) is 1.57. The highest BCUT2D eigenvalue weighted by molar-refractivity contribution is 7.80. The second kappa shape index (κ2) is 4.95. The number of primary amides is 1. The molecule has 1 amide bonds. The van der Waals surface area contributed by atoms with Crippen molar-refractivity contribution in [3.63, 3.8) is 0 Å². The maximum atomic E-state index is 11.1. The van der Waals surface area contributed by atoms with E-state index in [4.69, 9.17) is 18.0 Å². The van der Waals surface area contributed by atoms with Crippen LogP contribution in [0.15, 0.2) is 12.7 Å². The van der Waals surface area contributed by atoms with Gasteiger partial charge in [0.05, 0.1) is 0 Å². The van der Waals surface area contributed by atoms with E-state index in [1.165, 1.54) is 0 Å². The van der Waals surface area contributed by atoms with Crippen LogP contribution in [-0.4, -0.2) is 35.1 Å². The number of hydrogen-bond donors (Lipinski definition) is 2. The first-order chi connectivity index (χ1) is 6.66. The van der Waals surface area contributed by atoms with Crippen molar-refractivity contribution in [2.45, 2.75) is 18.9 Å². The fourth-order valence-corrected chi connectivity index (χ4v) is 1.87. The molecule has 0 saturated carbocycles. The van der Waals surface area contributed by atoms with Gasteiger partial charge in [0.1, 0.15) is 6.04 Å². The van der Waals surface area contributed by atoms with Crippen LogP contribution in [0.5, 0.6) is 0 Å². The standard InChI is InChI=1S/C9H15N3OS/c1-2-5-11-9(14)12-6-3-4-7(12)8(10)13/h2,7H,1,3-6H2,(H2,10,13)(H,11,14)/t7-/m1/s1. The Morgan fingerprint density at radius 2 is 2.50 bits per heavy atom. The molecular weight excluding hydrogens is 198 g/mol. The lowest BCUT2D eigenvalue weighted by atomic mass is 10.2. The molecular formula is C9H15N3OS. The van der Waals surface area contributed by atoms with Crippen LogP contribution in [0, 0.1) is 0 Å². The van der Waals surface area contributed by atoms with E-state index in [2.05, 4.69) is 11.9 Å². The minimum Gasteiger partial charge on any atom is -0.368 e. The Hall–Kier alpha value is -1.10. The molecule has 5 heteroatoms. The second-order valence-electron chi connectivity index (χ2n) is 3.23. The van der Waals surface area contributed by atoms with Crippen molar-refractivity contribution in [2.24, 2.45) is 5.73 Å². The maximum absolute atomic E-state index is 11.1. The molecule has 0 bridgehead atoms. The number of likely N-dealkylation sites (tertiary alicyclic amines) is 1. The summed E-state index contributed by atoms with van der Waals surface area (Å²) in [5, 5.41) is 3.58. The third-order valence-electron chi connectivity index (χ3n) is 2.24. The second-order valence-corrected chi connectivity index (χ2v) is 3.62. The van der Waals surface area contributed by atoms with E-state index in [9.17, 15) is 4.79 Å². The van der Waals surface area contributed by atoms with Gasteiger partial charge in [-0.2, -0.15) is 0 Å². The number of amides is 1. The number of thiocarbonyl (C=S) groups is 1. The van der Waals surface area contributed by atoms with Crippen LogP contribution in [0.2, 0.25) is 0 Å². The zero-order valence-corrected chi connectivity index (χ0v) is 8.85. The summed E-state index contributed by atoms with van der Waals surface area (Å²) >= 11 is 5.13. The molecule has 0 aromatic heterocycles. The molecule has 3 N–H and O–H groups in total. The number of nitrogens with zero attached hydrogens (tertiary/aromatic N) is 1. The number of nitrogens with one attached hydrogen (secondary N) is 1. The number of hydrogen-bond acceptors (Lipinski definition) is 2. The van der Waals surface area contributed by atoms with Crippen LogP contribution >= 0.6 is 12.2 Å². The molecule has 1 aliphatic heterocycles. The van der Waals surface area contributed by atoms with Crippen LogP contribution in [0.25, 0.3) is 0 Å². The predicted octanol–water partition coefficient (Wildman–Crippen LogP) is -0.00340. The van der Waals surface area contributed by atoms with Gasteiger partial charge in [0.25, 0.3) is 0 Å². The van der Waals surface area contributed by atoms with Crippen molar-refractivity contribution >= 4 is 23.2 Å². The van der Waals surface area contributed by atoms with Gasteiger partial charge in [-0.05, 0) is 25.1 Å². The first-order valence-corrected chi connectivity index (χ1v) is 5.02. The van der Waals surface area contributed by atoms with Crippen LogP contribution in [0.1, 0.15) is 12.8 Å². The van der Waals surface area contributed by atoms with E-state index in [-0.39, 0.29) is 11.9 Å². The Morgan fingerprint density at radius 1 is 1.79 bits per heavy atom. The van der Waals surface area contributed by atoms with Crippen molar-refractivity contribution in [3.05, 3.63) is 12.7 Å². The highest BCUT2D eigenvalue weighted by atomic mass is 32.1. The van der Waals surface area contributed by atoms with Crippen LogP contribution in [0.3, 0.4) is 0 Å². The number of carbonyl (C=O) groups excluding carboxylic acids is 1. The summed E-state index contributed by atoms with van der Waals surface area (Å²) in [4.78, 5) is 12.9. The molecule has 0 aliphatic carbocycles. The summed E-state index contributed by atoms with van der Waals surface area (Å²) in [6, 6.07) is -0.236. The average Bonchev–Trinajstić information content (AvgIpc) is 2.62. The summed E-state index contributed by atoms with van der Waals surface area (Å²) in [5.41, 5.74) is 5.27. The first-order valence-electron chi connectivity index (χ1n) is 4.61. The van der Waals surface area contributed by atoms with Gasteiger partial charge in [0.2, 0.25) is 5.91 Å². The third-order valence-corrected chi connectivity index (χ3v) is 2.62. The van der Waals surface area contributed by atoms with Crippen molar-refractivity contribution in [2.75, 3.05) is 13.1 Å². The van der Waals surface area contributed by atoms with E-state index < -0.39 is 0 Å². The Kier molecular flexibility index (Phi) is 3.88. The van der Waals surface area contributed by atoms with E-state index in [0.29, 0.717) is 11.7 Å². The summed E-state index contributed by atoms with van der Waals surface area (Å²) < 4.78 is 0. The van der Waals surface area contributed by atoms with Gasteiger partial charge in [0.15, 0.2) is 5.11 Å². The largest absolute Gasteiger partial charge is 0.368 e. The highest BCUT2D eigenvalue weighted by Gasteiger charge is 2.30. The van der Waals surface area contributed by atoms with Crippen molar-refractivity contribution in [1.29, 1.82) is 0 Å². The van der Waals surface area contributed by atoms with Crippen LogP contribution in [0.4, 0.5) is 0 Å². The number of carbonyl (C=O) groups is 1. The van der Waals surface area contributed by atoms with Crippen LogP contribution < -0.4 is 11.1 Å². The van der Waals surface area contributed by atoms with Gasteiger partial charge in [-0.3, -0.25) is 4.79 Å². The molecule has 0 spiro atoms. The predicted molar refractivity (Wildman–Crippen MR) is 59.7 cm³/mol. The Balaban J connectivity index is 2.53. The summed E-state index contributed by atoms with van der Waals surface area (Å²) in [6.07, 6.45) is 3.48. The maximum Gasteiger partial charge on any atom is 0.240 e. The minimum atomic E-state index is -0.301. The van der Waals surface area contributed by atoms with Crippen molar-refractivity contribution in [3.8, 4) is 0 Å². The Morgan fingerprint density at radius 3 is 3.07 bits per heavy atom. The Labute approximate surface area is 89.1 Å². The SMILES string of the molecule is C=CCNC(=S)N1CCC[C@@H]1C(N)=O. The topological polar surface area (TPSA) is 58.4 Å². The van der Waals surface area contributed by atoms with Crippen molar-refractivity contribution in [1.82, 2.24) is 10.2 Å². The van der Waals surface area contributed by atoms with E-state index in [1.807, 2.05) is 4.90 Å². The molecule has 0 radical (unpaired) electrons. The van der Waals surface area contributed by atoms with Crippen LogP contribution in [-0.2, 0) is 4.79 Å². The summed E-state index contributed by atoms with van der Waals surface area (Å²) in [5.74, 6) is -0.301. The molecule has 0 unspecified atom stereocenters. The molecule has 78 valence electrons. The quantitative estimate of drug-likeness (QED) is 0.511. The zero-order valence-electron chi connectivity index (χ0n) is 8.03. The molecule has 14 heavy (non-hydrogen) atoms. The highest BCUT2D eigenvalue weighted by Crippen LogP contribution is 2.16. The smallest absolute Gasteiger partial charge is 0.240 e. The first kappa shape index (κ1) is 11.0. The van der Waals surface area contributed by atoms with Gasteiger partial charge >= 0.3 is 0 Å². The van der Waals surface area contributed by atoms with E-state index in [0.717, 1.165) is 19.4 Å². The van der Waals surface area contributed by atoms with Crippen molar-refractivity contribution < 1.29 is 4.79 Å². The summed E-state index contributed by atoms with van der Waals surface area (Å²) in [7, 11) is 0. The molecule has 1 saturated heterocycles. The Bertz CT molecular complexity index is 254. The number of nitrogens with two attached hydrogens (primary N) is 1. The van der Waals surface area contributed by atoms with Gasteiger partial charge in [-0.25, -0.2) is 0 Å². The average molecular weight is 213 g/mol. The molecule has 1 fully saturated rings. The number of rotatable bonds is 3. The normalized spacial score (nSPS) is 20.6. The minimum absolute atomic E-state index is 0.236. The molecule has 1 atom stereocenters. The van der Waals surface area contributed by atoms with E-state index in [1.54, 1.807) is 6.08 Å². The zero-order chi connectivity index (χ0) is 10.6. The molecule has 1 rings (SSSR count). The van der Waals surface area contributed by atoms with Gasteiger partial charge in [-0.1, -0.05) is 6.08 Å². The fraction of sp³-hybridized carbons (Fsp3) is 0.556. The van der Waals surface area contributed by atoms with Gasteiger partial charge < -0.3 is 16.0 Å². The third kappa shape index (κ3) is 2.45. The lowest BCUT2D eigenvalue weighted by Crippen LogP contribution is -2.47. The van der Waals surface area contributed by atoms with E-state index >= 15 is 0 Å². The monoisotopic (exact) mass is 213 g/mol.